The number of rotatable bonds is 6. The number of aliphatic hydroxyl groups excluding tert-OH is 1. The van der Waals surface area contributed by atoms with E-state index in [0.29, 0.717) is 23.7 Å². The Morgan fingerprint density at radius 2 is 2.17 bits per heavy atom. The molecular weight excluding hydrogens is 288 g/mol. The summed E-state index contributed by atoms with van der Waals surface area (Å²) in [6.07, 6.45) is 6.63. The molecule has 2 fully saturated rings. The Morgan fingerprint density at radius 3 is 2.96 bits per heavy atom. The summed E-state index contributed by atoms with van der Waals surface area (Å²) in [6.45, 7) is 0.903. The van der Waals surface area contributed by atoms with Crippen molar-refractivity contribution in [1.29, 1.82) is 0 Å². The van der Waals surface area contributed by atoms with Crippen molar-refractivity contribution < 1.29 is 9.90 Å². The Bertz CT molecular complexity index is 599. The second kappa shape index (κ2) is 5.82. The summed E-state index contributed by atoms with van der Waals surface area (Å²) in [5, 5.41) is 15.2. The number of carbonyl (C=O) groups excluding carboxylic acids is 1. The number of hydrogen-bond donors (Lipinski definition) is 3. The number of aliphatic hydroxyl groups is 1. The molecule has 0 aromatic heterocycles. The third kappa shape index (κ3) is 2.85. The highest BCUT2D eigenvalue weighted by molar-refractivity contribution is 5.74. The lowest BCUT2D eigenvalue weighted by atomic mass is 9.95. The number of fused-ring (bicyclic) bond motifs is 2. The van der Waals surface area contributed by atoms with E-state index in [2.05, 4.69) is 34.9 Å². The van der Waals surface area contributed by atoms with Gasteiger partial charge in [-0.15, -0.1) is 0 Å². The lowest BCUT2D eigenvalue weighted by Crippen LogP contribution is -2.44. The van der Waals surface area contributed by atoms with Crippen LogP contribution >= 0.6 is 0 Å². The molecule has 0 saturated heterocycles. The van der Waals surface area contributed by atoms with Crippen molar-refractivity contribution in [3.63, 3.8) is 0 Å². The van der Waals surface area contributed by atoms with Gasteiger partial charge in [0.25, 0.3) is 0 Å². The van der Waals surface area contributed by atoms with Gasteiger partial charge in [-0.05, 0) is 61.5 Å². The van der Waals surface area contributed by atoms with Crippen LogP contribution in [0.1, 0.15) is 43.2 Å². The number of urea groups is 1. The molecule has 3 aliphatic carbocycles. The zero-order chi connectivity index (χ0) is 15.9. The SMILES string of the molecule is O=C(NC[C@@H]1C[C@@]12CCc1ccccc12)N[C@H](CCO)C1CC1. The van der Waals surface area contributed by atoms with Crippen molar-refractivity contribution in [3.05, 3.63) is 35.4 Å². The van der Waals surface area contributed by atoms with Gasteiger partial charge in [0, 0.05) is 24.6 Å². The fourth-order valence-electron chi connectivity index (χ4n) is 4.50. The van der Waals surface area contributed by atoms with Crippen molar-refractivity contribution in [1.82, 2.24) is 10.6 Å². The predicted octanol–water partition coefficient (Wildman–Crippen LogP) is 2.35. The first-order valence-electron chi connectivity index (χ1n) is 8.96. The molecule has 0 bridgehead atoms. The van der Waals surface area contributed by atoms with E-state index >= 15 is 0 Å². The van der Waals surface area contributed by atoms with Crippen LogP contribution in [-0.2, 0) is 11.8 Å². The summed E-state index contributed by atoms with van der Waals surface area (Å²) in [4.78, 5) is 12.1. The minimum atomic E-state index is -0.0660. The average molecular weight is 314 g/mol. The number of aryl methyl sites for hydroxylation is 1. The van der Waals surface area contributed by atoms with Crippen LogP contribution in [0.3, 0.4) is 0 Å². The van der Waals surface area contributed by atoms with Crippen LogP contribution in [0.15, 0.2) is 24.3 Å². The first kappa shape index (κ1) is 15.0. The molecule has 1 spiro atoms. The van der Waals surface area contributed by atoms with Crippen molar-refractivity contribution in [3.8, 4) is 0 Å². The number of amides is 2. The zero-order valence-corrected chi connectivity index (χ0v) is 13.6. The molecule has 1 aromatic carbocycles. The van der Waals surface area contributed by atoms with Gasteiger partial charge in [0.2, 0.25) is 0 Å². The van der Waals surface area contributed by atoms with E-state index in [1.807, 2.05) is 0 Å². The maximum absolute atomic E-state index is 12.1. The Labute approximate surface area is 137 Å². The lowest BCUT2D eigenvalue weighted by Gasteiger charge is -2.18. The second-order valence-electron chi connectivity index (χ2n) is 7.52. The predicted molar refractivity (Wildman–Crippen MR) is 89.3 cm³/mol. The van der Waals surface area contributed by atoms with Crippen molar-refractivity contribution in [2.75, 3.05) is 13.2 Å². The van der Waals surface area contributed by atoms with Gasteiger partial charge in [-0.1, -0.05) is 24.3 Å². The molecule has 4 rings (SSSR count). The second-order valence-corrected chi connectivity index (χ2v) is 7.52. The van der Waals surface area contributed by atoms with E-state index < -0.39 is 0 Å². The Hall–Kier alpha value is -1.55. The Balaban J connectivity index is 1.29. The number of benzene rings is 1. The number of nitrogens with one attached hydrogen (secondary N) is 2. The van der Waals surface area contributed by atoms with Crippen molar-refractivity contribution >= 4 is 6.03 Å². The molecule has 4 heteroatoms. The van der Waals surface area contributed by atoms with Crippen molar-refractivity contribution in [2.45, 2.75) is 50.0 Å². The highest BCUT2D eigenvalue weighted by Crippen LogP contribution is 2.61. The Morgan fingerprint density at radius 1 is 1.35 bits per heavy atom. The molecule has 3 N–H and O–H groups in total. The molecule has 4 nitrogen and oxygen atoms in total. The maximum atomic E-state index is 12.1. The van der Waals surface area contributed by atoms with Crippen molar-refractivity contribution in [2.24, 2.45) is 11.8 Å². The lowest BCUT2D eigenvalue weighted by molar-refractivity contribution is 0.224. The third-order valence-corrected chi connectivity index (χ3v) is 6.08. The molecule has 0 heterocycles. The van der Waals surface area contributed by atoms with Crippen LogP contribution in [0.2, 0.25) is 0 Å². The minimum Gasteiger partial charge on any atom is -0.396 e. The normalized spacial score (nSPS) is 29.2. The standard InChI is InChI=1S/C19H26N2O2/c22-10-8-17(14-5-6-14)21-18(23)20-12-15-11-19(15)9-7-13-3-1-2-4-16(13)19/h1-4,14-15,17,22H,5-12H2,(H2,20,21,23)/t15-,17+,19-/m0/s1. The molecule has 2 saturated carbocycles. The number of carbonyl (C=O) groups is 1. The van der Waals surface area contributed by atoms with Gasteiger partial charge in [-0.3, -0.25) is 0 Å². The molecule has 0 unspecified atom stereocenters. The summed E-state index contributed by atoms with van der Waals surface area (Å²) in [5.41, 5.74) is 3.35. The molecule has 1 aromatic rings. The summed E-state index contributed by atoms with van der Waals surface area (Å²) in [5.74, 6) is 1.15. The summed E-state index contributed by atoms with van der Waals surface area (Å²) >= 11 is 0. The van der Waals surface area contributed by atoms with Crippen LogP contribution in [0.4, 0.5) is 4.79 Å². The smallest absolute Gasteiger partial charge is 0.315 e. The van der Waals surface area contributed by atoms with Crippen LogP contribution in [-0.4, -0.2) is 30.3 Å². The van der Waals surface area contributed by atoms with E-state index in [-0.39, 0.29) is 18.7 Å². The monoisotopic (exact) mass is 314 g/mol. The van der Waals surface area contributed by atoms with Gasteiger partial charge in [-0.2, -0.15) is 0 Å². The van der Waals surface area contributed by atoms with E-state index in [0.717, 1.165) is 6.54 Å². The fourth-order valence-corrected chi connectivity index (χ4v) is 4.50. The molecule has 124 valence electrons. The Kier molecular flexibility index (Phi) is 3.80. The zero-order valence-electron chi connectivity index (χ0n) is 13.6. The first-order chi connectivity index (χ1) is 11.2. The summed E-state index contributed by atoms with van der Waals surface area (Å²) in [7, 11) is 0. The van der Waals surface area contributed by atoms with Gasteiger partial charge in [-0.25, -0.2) is 4.79 Å². The first-order valence-corrected chi connectivity index (χ1v) is 8.96. The molecule has 2 amide bonds. The van der Waals surface area contributed by atoms with Crippen LogP contribution in [0.5, 0.6) is 0 Å². The van der Waals surface area contributed by atoms with Gasteiger partial charge in [0.1, 0.15) is 0 Å². The van der Waals surface area contributed by atoms with Gasteiger partial charge in [0.15, 0.2) is 0 Å². The molecule has 23 heavy (non-hydrogen) atoms. The average Bonchev–Trinajstić information content (AvgIpc) is 3.45. The molecule has 0 radical (unpaired) electrons. The van der Waals surface area contributed by atoms with E-state index in [4.69, 9.17) is 5.11 Å². The number of hydrogen-bond acceptors (Lipinski definition) is 2. The van der Waals surface area contributed by atoms with Gasteiger partial charge >= 0.3 is 6.03 Å². The summed E-state index contributed by atoms with van der Waals surface area (Å²) < 4.78 is 0. The highest BCUT2D eigenvalue weighted by Gasteiger charge is 2.57. The summed E-state index contributed by atoms with van der Waals surface area (Å²) in [6, 6.07) is 8.85. The molecule has 3 atom stereocenters. The van der Waals surface area contributed by atoms with Gasteiger partial charge < -0.3 is 15.7 Å². The third-order valence-electron chi connectivity index (χ3n) is 6.08. The molecule has 3 aliphatic rings. The quantitative estimate of drug-likeness (QED) is 0.755. The van der Waals surface area contributed by atoms with E-state index in [1.165, 1.54) is 43.2 Å². The van der Waals surface area contributed by atoms with Crippen LogP contribution in [0.25, 0.3) is 0 Å². The van der Waals surface area contributed by atoms with E-state index in [9.17, 15) is 4.79 Å². The van der Waals surface area contributed by atoms with Crippen LogP contribution in [0, 0.1) is 11.8 Å². The topological polar surface area (TPSA) is 61.4 Å². The van der Waals surface area contributed by atoms with Gasteiger partial charge in [0.05, 0.1) is 0 Å². The highest BCUT2D eigenvalue weighted by atomic mass is 16.3. The fraction of sp³-hybridized carbons (Fsp3) is 0.632. The largest absolute Gasteiger partial charge is 0.396 e. The van der Waals surface area contributed by atoms with Crippen LogP contribution < -0.4 is 10.6 Å². The minimum absolute atomic E-state index is 0.0660. The molecule has 0 aliphatic heterocycles. The molecular formula is C19H26N2O2. The van der Waals surface area contributed by atoms with E-state index in [1.54, 1.807) is 0 Å². The maximum Gasteiger partial charge on any atom is 0.315 e.